The van der Waals surface area contributed by atoms with Gasteiger partial charge < -0.3 is 18.9 Å². The van der Waals surface area contributed by atoms with Gasteiger partial charge in [-0.3, -0.25) is 0 Å². The molecular weight excluding hydrogens is 484 g/mol. The normalized spacial score (nSPS) is 13.1. The molecule has 0 aromatic heterocycles. The second-order valence-electron chi connectivity index (χ2n) is 10.2. The highest BCUT2D eigenvalue weighted by atomic mass is 16.5. The third kappa shape index (κ3) is 5.08. The SMILES string of the molecule is CCCC1c2cccc(c2OC)Cc2cccc(c2OC)Cc2cccc(c2OC)Cc2cccc1c2OC. The molecule has 1 aliphatic carbocycles. The van der Waals surface area contributed by atoms with Gasteiger partial charge >= 0.3 is 0 Å². The van der Waals surface area contributed by atoms with Crippen molar-refractivity contribution in [3.8, 4) is 23.0 Å². The van der Waals surface area contributed by atoms with Crippen molar-refractivity contribution in [2.45, 2.75) is 44.9 Å². The molecule has 0 unspecified atom stereocenters. The van der Waals surface area contributed by atoms with Crippen LogP contribution in [0.15, 0.2) is 72.8 Å². The van der Waals surface area contributed by atoms with E-state index in [1.807, 2.05) is 0 Å². The number of para-hydroxylation sites is 4. The molecule has 4 aromatic carbocycles. The Kier molecular flexibility index (Phi) is 8.11. The van der Waals surface area contributed by atoms with E-state index < -0.39 is 0 Å². The Labute approximate surface area is 232 Å². The lowest BCUT2D eigenvalue weighted by atomic mass is 9.83. The van der Waals surface area contributed by atoms with E-state index in [1.54, 1.807) is 28.4 Å². The van der Waals surface area contributed by atoms with Crippen LogP contribution < -0.4 is 18.9 Å². The van der Waals surface area contributed by atoms with Gasteiger partial charge in [0.05, 0.1) is 28.4 Å². The van der Waals surface area contributed by atoms with Gasteiger partial charge in [-0.15, -0.1) is 0 Å². The number of benzene rings is 4. The fourth-order valence-corrected chi connectivity index (χ4v) is 6.27. The average Bonchev–Trinajstić information content (AvgIpc) is 2.95. The minimum Gasteiger partial charge on any atom is -0.496 e. The summed E-state index contributed by atoms with van der Waals surface area (Å²) in [6, 6.07) is 25.9. The minimum absolute atomic E-state index is 0.133. The molecule has 4 heteroatoms. The topological polar surface area (TPSA) is 36.9 Å². The molecular formula is C35H38O4. The zero-order valence-electron chi connectivity index (χ0n) is 23.7. The molecule has 0 aliphatic heterocycles. The molecule has 0 radical (unpaired) electrons. The smallest absolute Gasteiger partial charge is 0.126 e. The van der Waals surface area contributed by atoms with Crippen LogP contribution in [0.2, 0.25) is 0 Å². The van der Waals surface area contributed by atoms with Gasteiger partial charge in [0, 0.05) is 36.3 Å². The maximum atomic E-state index is 6.16. The molecule has 0 saturated carbocycles. The van der Waals surface area contributed by atoms with E-state index >= 15 is 0 Å². The van der Waals surface area contributed by atoms with Crippen LogP contribution >= 0.6 is 0 Å². The van der Waals surface area contributed by atoms with E-state index in [0.29, 0.717) is 19.3 Å². The molecule has 0 amide bonds. The second-order valence-corrected chi connectivity index (χ2v) is 10.2. The summed E-state index contributed by atoms with van der Waals surface area (Å²) in [6.07, 6.45) is 4.15. The first-order chi connectivity index (χ1) is 19.1. The Bertz CT molecular complexity index is 1350. The molecule has 0 saturated heterocycles. The van der Waals surface area contributed by atoms with Gasteiger partial charge in [-0.25, -0.2) is 0 Å². The average molecular weight is 523 g/mol. The lowest BCUT2D eigenvalue weighted by Crippen LogP contribution is -2.10. The van der Waals surface area contributed by atoms with Gasteiger partial charge in [0.1, 0.15) is 23.0 Å². The molecule has 4 aromatic rings. The summed E-state index contributed by atoms with van der Waals surface area (Å²) in [7, 11) is 7.09. The summed E-state index contributed by atoms with van der Waals surface area (Å²) in [5.41, 5.74) is 9.22. The van der Waals surface area contributed by atoms with Crippen molar-refractivity contribution >= 4 is 0 Å². The standard InChI is InChI=1S/C35H38O4/c1-6-11-29-30-18-9-16-27(34(30)38-4)21-25-14-7-12-23(32(25)36-2)20-24-13-8-15-26(33(24)37-3)22-28-17-10-19-31(29)35(28)39-5/h7-10,12-19,29H,6,11,20-22H2,1-5H3. The van der Waals surface area contributed by atoms with Crippen LogP contribution in [0.5, 0.6) is 23.0 Å². The number of fused-ring (bicyclic) bond motifs is 8. The van der Waals surface area contributed by atoms with E-state index in [1.165, 1.54) is 11.1 Å². The van der Waals surface area contributed by atoms with E-state index in [9.17, 15) is 0 Å². The Hall–Kier alpha value is -3.92. The van der Waals surface area contributed by atoms with Gasteiger partial charge in [0.2, 0.25) is 0 Å². The minimum atomic E-state index is 0.133. The highest BCUT2D eigenvalue weighted by Gasteiger charge is 2.26. The zero-order chi connectivity index (χ0) is 27.4. The summed E-state index contributed by atoms with van der Waals surface area (Å²) >= 11 is 0. The van der Waals surface area contributed by atoms with E-state index in [4.69, 9.17) is 18.9 Å². The molecule has 0 heterocycles. The number of hydrogen-bond donors (Lipinski definition) is 0. The van der Waals surface area contributed by atoms with Crippen molar-refractivity contribution in [3.63, 3.8) is 0 Å². The number of rotatable bonds is 6. The van der Waals surface area contributed by atoms with Crippen LogP contribution in [0.1, 0.15) is 70.2 Å². The third-order valence-electron chi connectivity index (χ3n) is 7.90. The first-order valence-electron chi connectivity index (χ1n) is 13.7. The fourth-order valence-electron chi connectivity index (χ4n) is 6.27. The molecule has 39 heavy (non-hydrogen) atoms. The fraction of sp³-hybridized carbons (Fsp3) is 0.314. The number of hydrogen-bond acceptors (Lipinski definition) is 4. The Balaban J connectivity index is 1.81. The second kappa shape index (κ2) is 11.9. The lowest BCUT2D eigenvalue weighted by molar-refractivity contribution is 0.390. The number of ether oxygens (including phenoxy) is 4. The Morgan fingerprint density at radius 2 is 0.795 bits per heavy atom. The first-order valence-corrected chi connectivity index (χ1v) is 13.7. The van der Waals surface area contributed by atoms with Crippen LogP contribution in [0.4, 0.5) is 0 Å². The monoisotopic (exact) mass is 522 g/mol. The highest BCUT2D eigenvalue weighted by Crippen LogP contribution is 2.44. The van der Waals surface area contributed by atoms with E-state index in [2.05, 4.69) is 79.7 Å². The molecule has 202 valence electrons. The third-order valence-corrected chi connectivity index (χ3v) is 7.90. The van der Waals surface area contributed by atoms with Gasteiger partial charge in [-0.1, -0.05) is 86.1 Å². The van der Waals surface area contributed by atoms with Crippen LogP contribution in [0.3, 0.4) is 0 Å². The van der Waals surface area contributed by atoms with Gasteiger partial charge in [0.25, 0.3) is 0 Å². The van der Waals surface area contributed by atoms with Crippen molar-refractivity contribution < 1.29 is 18.9 Å². The number of methoxy groups -OCH3 is 4. The van der Waals surface area contributed by atoms with Crippen molar-refractivity contribution in [2.24, 2.45) is 0 Å². The first kappa shape index (κ1) is 26.7. The molecule has 0 spiro atoms. The zero-order valence-corrected chi connectivity index (χ0v) is 23.7. The van der Waals surface area contributed by atoms with Crippen LogP contribution in [-0.2, 0) is 19.3 Å². The lowest BCUT2D eigenvalue weighted by Gasteiger charge is -2.26. The maximum Gasteiger partial charge on any atom is 0.126 e. The molecule has 0 atom stereocenters. The molecule has 0 N–H and O–H groups in total. The van der Waals surface area contributed by atoms with Crippen molar-refractivity contribution in [1.29, 1.82) is 0 Å². The molecule has 5 rings (SSSR count). The van der Waals surface area contributed by atoms with Crippen molar-refractivity contribution in [1.82, 2.24) is 0 Å². The Morgan fingerprint density at radius 1 is 0.487 bits per heavy atom. The van der Waals surface area contributed by atoms with Gasteiger partial charge in [-0.05, 0) is 39.8 Å². The predicted molar refractivity (Wildman–Crippen MR) is 157 cm³/mol. The van der Waals surface area contributed by atoms with Crippen LogP contribution in [0, 0.1) is 0 Å². The highest BCUT2D eigenvalue weighted by molar-refractivity contribution is 5.57. The summed E-state index contributed by atoms with van der Waals surface area (Å²) < 4.78 is 24.4. The Morgan fingerprint density at radius 3 is 1.10 bits per heavy atom. The van der Waals surface area contributed by atoms with Crippen molar-refractivity contribution in [2.75, 3.05) is 28.4 Å². The van der Waals surface area contributed by atoms with E-state index in [0.717, 1.165) is 69.2 Å². The molecule has 0 fully saturated rings. The van der Waals surface area contributed by atoms with Crippen LogP contribution in [0.25, 0.3) is 0 Å². The molecule has 8 bridgehead atoms. The van der Waals surface area contributed by atoms with Gasteiger partial charge in [0.15, 0.2) is 0 Å². The summed E-state index contributed by atoms with van der Waals surface area (Å²) in [6.45, 7) is 2.23. The summed E-state index contributed by atoms with van der Waals surface area (Å²) in [5.74, 6) is 3.85. The quantitative estimate of drug-likeness (QED) is 0.260. The summed E-state index contributed by atoms with van der Waals surface area (Å²) in [5, 5.41) is 0. The van der Waals surface area contributed by atoms with Gasteiger partial charge in [-0.2, -0.15) is 0 Å². The summed E-state index contributed by atoms with van der Waals surface area (Å²) in [4.78, 5) is 0. The van der Waals surface area contributed by atoms with Crippen LogP contribution in [-0.4, -0.2) is 28.4 Å². The molecule has 1 aliphatic rings. The van der Waals surface area contributed by atoms with Crippen molar-refractivity contribution in [3.05, 3.63) is 117 Å². The van der Waals surface area contributed by atoms with E-state index in [-0.39, 0.29) is 5.92 Å². The maximum absolute atomic E-state index is 6.16. The predicted octanol–water partition coefficient (Wildman–Crippen LogP) is 7.74. The largest absolute Gasteiger partial charge is 0.496 e. The molecule has 4 nitrogen and oxygen atoms in total.